The first-order valence-electron chi connectivity index (χ1n) is 6.74. The minimum absolute atomic E-state index is 0.609. The van der Waals surface area contributed by atoms with Gasteiger partial charge in [-0.1, -0.05) is 49.7 Å². The fourth-order valence-corrected chi connectivity index (χ4v) is 2.22. The molecule has 0 aliphatic carbocycles. The minimum Gasteiger partial charge on any atom is -0.493 e. The number of hydrogen-bond acceptors (Lipinski definition) is 2. The summed E-state index contributed by atoms with van der Waals surface area (Å²) in [6.45, 7) is 5.52. The summed E-state index contributed by atoms with van der Waals surface area (Å²) < 4.78 is 11.5. The Kier molecular flexibility index (Phi) is 4.92. The summed E-state index contributed by atoms with van der Waals surface area (Å²) in [5, 5.41) is 2.67. The molecular weight excluding hydrogens is 260 g/mol. The molecule has 0 spiro atoms. The Morgan fingerprint density at radius 2 is 1.58 bits per heavy atom. The third kappa shape index (κ3) is 3.13. The van der Waals surface area contributed by atoms with Gasteiger partial charge in [-0.25, -0.2) is 0 Å². The standard InChI is InChI=1S/C16H19ClO2/c1-3-9-18-15-11-14(17)16(19-10-4-2)13-8-6-5-7-12(13)15/h5-8,11H,3-4,9-10H2,1-2H3. The van der Waals surface area contributed by atoms with Crippen LogP contribution in [-0.4, -0.2) is 13.2 Å². The quantitative estimate of drug-likeness (QED) is 0.734. The van der Waals surface area contributed by atoms with Gasteiger partial charge in [-0.2, -0.15) is 0 Å². The van der Waals surface area contributed by atoms with E-state index in [1.165, 1.54) is 0 Å². The molecule has 0 unspecified atom stereocenters. The molecule has 2 aromatic rings. The molecule has 0 atom stereocenters. The van der Waals surface area contributed by atoms with Gasteiger partial charge in [0.05, 0.1) is 18.2 Å². The van der Waals surface area contributed by atoms with E-state index in [0.29, 0.717) is 18.2 Å². The second-order valence-corrected chi connectivity index (χ2v) is 4.84. The predicted octanol–water partition coefficient (Wildman–Crippen LogP) is 5.07. The second-order valence-electron chi connectivity index (χ2n) is 4.43. The number of hydrogen-bond donors (Lipinski definition) is 0. The molecule has 0 radical (unpaired) electrons. The van der Waals surface area contributed by atoms with Crippen molar-refractivity contribution in [2.75, 3.05) is 13.2 Å². The number of rotatable bonds is 6. The molecule has 3 heteroatoms. The van der Waals surface area contributed by atoms with Gasteiger partial charge in [-0.05, 0) is 12.8 Å². The Morgan fingerprint density at radius 1 is 0.947 bits per heavy atom. The van der Waals surface area contributed by atoms with Gasteiger partial charge in [0.2, 0.25) is 0 Å². The maximum atomic E-state index is 6.32. The summed E-state index contributed by atoms with van der Waals surface area (Å²) in [5.41, 5.74) is 0. The van der Waals surface area contributed by atoms with E-state index in [4.69, 9.17) is 21.1 Å². The van der Waals surface area contributed by atoms with Gasteiger partial charge in [0.15, 0.2) is 0 Å². The van der Waals surface area contributed by atoms with Crippen LogP contribution in [0, 0.1) is 0 Å². The van der Waals surface area contributed by atoms with Crippen LogP contribution in [0.15, 0.2) is 30.3 Å². The summed E-state index contributed by atoms with van der Waals surface area (Å²) in [7, 11) is 0. The lowest BCUT2D eigenvalue weighted by Gasteiger charge is -2.14. The summed E-state index contributed by atoms with van der Waals surface area (Å²) in [5.74, 6) is 1.58. The number of benzene rings is 2. The normalized spacial score (nSPS) is 10.7. The van der Waals surface area contributed by atoms with Gasteiger partial charge in [-0.15, -0.1) is 0 Å². The molecule has 0 bridgehead atoms. The van der Waals surface area contributed by atoms with E-state index >= 15 is 0 Å². The third-order valence-corrected chi connectivity index (χ3v) is 3.10. The number of ether oxygens (including phenoxy) is 2. The Labute approximate surface area is 119 Å². The Morgan fingerprint density at radius 3 is 2.26 bits per heavy atom. The van der Waals surface area contributed by atoms with Gasteiger partial charge >= 0.3 is 0 Å². The van der Waals surface area contributed by atoms with E-state index in [0.717, 1.165) is 35.1 Å². The van der Waals surface area contributed by atoms with Gasteiger partial charge in [-0.3, -0.25) is 0 Å². The molecule has 0 saturated carbocycles. The van der Waals surface area contributed by atoms with E-state index in [1.54, 1.807) is 0 Å². The zero-order valence-corrected chi connectivity index (χ0v) is 12.2. The highest BCUT2D eigenvalue weighted by Gasteiger charge is 2.12. The van der Waals surface area contributed by atoms with Crippen molar-refractivity contribution in [2.24, 2.45) is 0 Å². The second kappa shape index (κ2) is 6.67. The zero-order chi connectivity index (χ0) is 13.7. The Hall–Kier alpha value is -1.41. The van der Waals surface area contributed by atoms with Crippen LogP contribution in [0.4, 0.5) is 0 Å². The van der Waals surface area contributed by atoms with E-state index < -0.39 is 0 Å². The van der Waals surface area contributed by atoms with Crippen molar-refractivity contribution in [3.63, 3.8) is 0 Å². The summed E-state index contributed by atoms with van der Waals surface area (Å²) >= 11 is 6.32. The van der Waals surface area contributed by atoms with Crippen LogP contribution >= 0.6 is 11.6 Å². The minimum atomic E-state index is 0.609. The highest BCUT2D eigenvalue weighted by atomic mass is 35.5. The van der Waals surface area contributed by atoms with Crippen LogP contribution in [-0.2, 0) is 0 Å². The third-order valence-electron chi connectivity index (χ3n) is 2.82. The molecule has 2 nitrogen and oxygen atoms in total. The highest BCUT2D eigenvalue weighted by Crippen LogP contribution is 2.39. The highest BCUT2D eigenvalue weighted by molar-refractivity contribution is 6.33. The topological polar surface area (TPSA) is 18.5 Å². The van der Waals surface area contributed by atoms with E-state index in [-0.39, 0.29) is 0 Å². The predicted molar refractivity (Wildman–Crippen MR) is 80.5 cm³/mol. The lowest BCUT2D eigenvalue weighted by atomic mass is 10.1. The molecule has 0 aromatic heterocycles. The largest absolute Gasteiger partial charge is 0.493 e. The van der Waals surface area contributed by atoms with Crippen molar-refractivity contribution in [3.8, 4) is 11.5 Å². The SMILES string of the molecule is CCCOc1cc(Cl)c(OCCC)c2ccccc12. The fourth-order valence-electron chi connectivity index (χ4n) is 1.97. The lowest BCUT2D eigenvalue weighted by Crippen LogP contribution is -1.99. The molecule has 0 amide bonds. The van der Waals surface area contributed by atoms with Crippen molar-refractivity contribution in [1.82, 2.24) is 0 Å². The molecule has 0 saturated heterocycles. The van der Waals surface area contributed by atoms with Crippen molar-refractivity contribution in [3.05, 3.63) is 35.4 Å². The van der Waals surface area contributed by atoms with Crippen LogP contribution in [0.3, 0.4) is 0 Å². The molecule has 0 aliphatic rings. The monoisotopic (exact) mass is 278 g/mol. The lowest BCUT2D eigenvalue weighted by molar-refractivity contribution is 0.314. The first-order valence-corrected chi connectivity index (χ1v) is 7.12. The molecule has 19 heavy (non-hydrogen) atoms. The molecule has 0 N–H and O–H groups in total. The van der Waals surface area contributed by atoms with Gasteiger partial charge in [0.25, 0.3) is 0 Å². The Balaban J connectivity index is 2.49. The van der Waals surface area contributed by atoms with Crippen molar-refractivity contribution in [1.29, 1.82) is 0 Å². The van der Waals surface area contributed by atoms with Crippen LogP contribution < -0.4 is 9.47 Å². The van der Waals surface area contributed by atoms with Crippen molar-refractivity contribution < 1.29 is 9.47 Å². The van der Waals surface area contributed by atoms with Crippen LogP contribution in [0.2, 0.25) is 5.02 Å². The number of halogens is 1. The zero-order valence-electron chi connectivity index (χ0n) is 11.4. The van der Waals surface area contributed by atoms with Gasteiger partial charge in [0, 0.05) is 16.8 Å². The fraction of sp³-hybridized carbons (Fsp3) is 0.375. The average molecular weight is 279 g/mol. The first kappa shape index (κ1) is 14.0. The molecular formula is C16H19ClO2. The van der Waals surface area contributed by atoms with Gasteiger partial charge < -0.3 is 9.47 Å². The summed E-state index contributed by atoms with van der Waals surface area (Å²) in [6, 6.07) is 9.89. The smallest absolute Gasteiger partial charge is 0.145 e. The Bertz CT molecular complexity index is 552. The van der Waals surface area contributed by atoms with Gasteiger partial charge in [0.1, 0.15) is 11.5 Å². The van der Waals surface area contributed by atoms with Crippen LogP contribution in [0.1, 0.15) is 26.7 Å². The molecule has 0 aliphatic heterocycles. The molecule has 102 valence electrons. The van der Waals surface area contributed by atoms with Crippen LogP contribution in [0.25, 0.3) is 10.8 Å². The molecule has 2 rings (SSSR count). The van der Waals surface area contributed by atoms with E-state index in [2.05, 4.69) is 13.8 Å². The summed E-state index contributed by atoms with van der Waals surface area (Å²) in [4.78, 5) is 0. The van der Waals surface area contributed by atoms with E-state index in [9.17, 15) is 0 Å². The molecule has 0 fully saturated rings. The van der Waals surface area contributed by atoms with E-state index in [1.807, 2.05) is 30.3 Å². The maximum absolute atomic E-state index is 6.32. The molecule has 2 aromatic carbocycles. The molecule has 0 heterocycles. The van der Waals surface area contributed by atoms with Crippen molar-refractivity contribution >= 4 is 22.4 Å². The maximum Gasteiger partial charge on any atom is 0.145 e. The average Bonchev–Trinajstić information content (AvgIpc) is 2.44. The summed E-state index contributed by atoms with van der Waals surface area (Å²) in [6.07, 6.45) is 1.93. The first-order chi connectivity index (χ1) is 9.27. The number of fused-ring (bicyclic) bond motifs is 1. The van der Waals surface area contributed by atoms with Crippen LogP contribution in [0.5, 0.6) is 11.5 Å². The van der Waals surface area contributed by atoms with Crippen molar-refractivity contribution in [2.45, 2.75) is 26.7 Å².